The van der Waals surface area contributed by atoms with Crippen molar-refractivity contribution in [3.8, 4) is 5.75 Å². The van der Waals surface area contributed by atoms with E-state index in [9.17, 15) is 18.0 Å². The number of anilines is 1. The molecule has 10 nitrogen and oxygen atoms in total. The minimum atomic E-state index is -4.26. The van der Waals surface area contributed by atoms with E-state index in [4.69, 9.17) is 28.0 Å². The van der Waals surface area contributed by atoms with E-state index < -0.39 is 15.9 Å². The maximum absolute atomic E-state index is 13.7. The van der Waals surface area contributed by atoms with Crippen LogP contribution in [-0.2, 0) is 14.8 Å². The van der Waals surface area contributed by atoms with Gasteiger partial charge < -0.3 is 20.0 Å². The van der Waals surface area contributed by atoms with Crippen molar-refractivity contribution in [2.24, 2.45) is 0 Å². The number of amides is 2. The summed E-state index contributed by atoms with van der Waals surface area (Å²) in [5.41, 5.74) is 0.462. The van der Waals surface area contributed by atoms with Crippen LogP contribution in [0.2, 0.25) is 10.0 Å². The number of likely N-dealkylation sites (tertiary alicyclic amines) is 1. The highest BCUT2D eigenvalue weighted by atomic mass is 35.5. The molecule has 2 fully saturated rings. The largest absolute Gasteiger partial charge is 0.363 e. The number of piperazine rings is 1. The number of nitrogens with zero attached hydrogens (tertiary/aromatic N) is 4. The molecule has 2 amide bonds. The number of benzene rings is 3. The average molecular weight is 675 g/mol. The number of sulfonamides is 1. The SMILES string of the molecule is O=C(NCC(=O)N1CCN(CCN2CCCCC2)CC1)c1ccc(S(=O)(=O)N(Oc2ccc(Cl)cc2Cl)c2ccccc2)cc1. The second-order valence-electron chi connectivity index (χ2n) is 11.1. The van der Waals surface area contributed by atoms with Crippen LogP contribution in [0.1, 0.15) is 29.6 Å². The smallest absolute Gasteiger partial charge is 0.295 e. The molecular formula is C32H37Cl2N5O5S. The highest BCUT2D eigenvalue weighted by Crippen LogP contribution is 2.32. The first-order valence-corrected chi connectivity index (χ1v) is 17.2. The number of hydrogen-bond acceptors (Lipinski definition) is 7. The van der Waals surface area contributed by atoms with Gasteiger partial charge in [0, 0.05) is 49.9 Å². The first kappa shape index (κ1) is 33.0. The fraction of sp³-hybridized carbons (Fsp3) is 0.375. The second-order valence-corrected chi connectivity index (χ2v) is 13.7. The number of rotatable bonds is 11. The highest BCUT2D eigenvalue weighted by molar-refractivity contribution is 7.92. The first-order chi connectivity index (χ1) is 21.7. The van der Waals surface area contributed by atoms with E-state index in [1.165, 1.54) is 74.8 Å². The standard InChI is InChI=1S/C32H37Cl2N5O5S/c33-26-11-14-30(29(34)23-26)44-39(27-7-3-1-4-8-27)45(42,43)28-12-9-25(10-13-28)32(41)35-24-31(40)38-21-19-37(20-22-38)18-17-36-15-5-2-6-16-36/h1,3-4,7-14,23H,2,5-6,15-22,24H2,(H,35,41). The average Bonchev–Trinajstić information content (AvgIpc) is 3.07. The topological polar surface area (TPSA) is 102 Å². The monoisotopic (exact) mass is 673 g/mol. The summed E-state index contributed by atoms with van der Waals surface area (Å²) in [5.74, 6) is -0.528. The molecule has 0 atom stereocenters. The van der Waals surface area contributed by atoms with E-state index in [1.54, 1.807) is 35.2 Å². The first-order valence-electron chi connectivity index (χ1n) is 15.0. The highest BCUT2D eigenvalue weighted by Gasteiger charge is 2.29. The van der Waals surface area contributed by atoms with Gasteiger partial charge in [0.1, 0.15) is 0 Å². The van der Waals surface area contributed by atoms with Crippen LogP contribution < -0.4 is 14.6 Å². The molecule has 240 valence electrons. The van der Waals surface area contributed by atoms with E-state index in [0.29, 0.717) is 18.1 Å². The Morgan fingerprint density at radius 2 is 1.44 bits per heavy atom. The van der Waals surface area contributed by atoms with Crippen molar-refractivity contribution in [2.75, 3.05) is 63.4 Å². The maximum Gasteiger partial charge on any atom is 0.295 e. The number of piperidine rings is 1. The third-order valence-corrected chi connectivity index (χ3v) is 10.1. The molecule has 3 aromatic rings. The van der Waals surface area contributed by atoms with Crippen LogP contribution in [0, 0.1) is 0 Å². The van der Waals surface area contributed by atoms with Crippen molar-refractivity contribution in [1.29, 1.82) is 0 Å². The quantitative estimate of drug-likeness (QED) is 0.298. The zero-order valence-corrected chi connectivity index (χ0v) is 27.2. The zero-order valence-electron chi connectivity index (χ0n) is 24.9. The molecule has 45 heavy (non-hydrogen) atoms. The summed E-state index contributed by atoms with van der Waals surface area (Å²) < 4.78 is 28.2. The van der Waals surface area contributed by atoms with Crippen LogP contribution >= 0.6 is 23.2 Å². The molecular weight excluding hydrogens is 637 g/mol. The van der Waals surface area contributed by atoms with Gasteiger partial charge in [0.15, 0.2) is 5.75 Å². The van der Waals surface area contributed by atoms with Gasteiger partial charge in [-0.25, -0.2) is 0 Å². The van der Waals surface area contributed by atoms with Crippen LogP contribution in [-0.4, -0.2) is 93.8 Å². The Bertz CT molecular complexity index is 1560. The lowest BCUT2D eigenvalue weighted by Gasteiger charge is -2.36. The molecule has 2 aliphatic heterocycles. The molecule has 5 rings (SSSR count). The molecule has 0 spiro atoms. The van der Waals surface area contributed by atoms with Gasteiger partial charge in [0.25, 0.3) is 15.9 Å². The lowest BCUT2D eigenvalue weighted by molar-refractivity contribution is -0.131. The van der Waals surface area contributed by atoms with Crippen molar-refractivity contribution in [1.82, 2.24) is 20.0 Å². The molecule has 1 N–H and O–H groups in total. The maximum atomic E-state index is 13.7. The number of hydrogen-bond donors (Lipinski definition) is 1. The van der Waals surface area contributed by atoms with Crippen LogP contribution in [0.4, 0.5) is 5.69 Å². The van der Waals surface area contributed by atoms with Crippen LogP contribution in [0.25, 0.3) is 0 Å². The third-order valence-electron chi connectivity index (χ3n) is 7.98. The Hall–Kier alpha value is -3.35. The molecule has 0 unspecified atom stereocenters. The molecule has 0 aliphatic carbocycles. The summed E-state index contributed by atoms with van der Waals surface area (Å²) in [6, 6.07) is 18.1. The van der Waals surface area contributed by atoms with Gasteiger partial charge in [-0.05, 0) is 80.5 Å². The Labute approximate surface area is 274 Å². The predicted molar refractivity (Wildman–Crippen MR) is 175 cm³/mol. The zero-order chi connectivity index (χ0) is 31.8. The molecule has 2 aliphatic rings. The van der Waals surface area contributed by atoms with Crippen molar-refractivity contribution in [2.45, 2.75) is 24.2 Å². The fourth-order valence-electron chi connectivity index (χ4n) is 5.36. The van der Waals surface area contributed by atoms with Crippen molar-refractivity contribution in [3.63, 3.8) is 0 Å². The molecule has 3 aromatic carbocycles. The molecule has 2 saturated heterocycles. The predicted octanol–water partition coefficient (Wildman–Crippen LogP) is 4.54. The third kappa shape index (κ3) is 8.68. The summed E-state index contributed by atoms with van der Waals surface area (Å²) in [6.45, 7) is 7.18. The summed E-state index contributed by atoms with van der Waals surface area (Å²) in [5, 5.41) is 3.17. The molecule has 0 saturated carbocycles. The van der Waals surface area contributed by atoms with Crippen LogP contribution in [0.3, 0.4) is 0 Å². The van der Waals surface area contributed by atoms with Crippen LogP contribution in [0.5, 0.6) is 5.75 Å². The number of para-hydroxylation sites is 1. The number of carbonyl (C=O) groups is 2. The Kier molecular flexibility index (Phi) is 11.2. The molecule has 2 heterocycles. The van der Waals surface area contributed by atoms with Gasteiger partial charge in [-0.15, -0.1) is 0 Å². The summed E-state index contributed by atoms with van der Waals surface area (Å²) in [6.07, 6.45) is 3.88. The molecule has 0 radical (unpaired) electrons. The number of carbonyl (C=O) groups excluding carboxylic acids is 2. The van der Waals surface area contributed by atoms with E-state index in [-0.39, 0.29) is 39.4 Å². The molecule has 13 heteroatoms. The lowest BCUT2D eigenvalue weighted by atomic mass is 10.1. The van der Waals surface area contributed by atoms with Crippen LogP contribution in [0.15, 0.2) is 77.7 Å². The summed E-state index contributed by atoms with van der Waals surface area (Å²) in [4.78, 5) is 38.0. The minimum Gasteiger partial charge on any atom is -0.363 e. The second kappa shape index (κ2) is 15.3. The van der Waals surface area contributed by atoms with E-state index >= 15 is 0 Å². The van der Waals surface area contributed by atoms with Gasteiger partial charge in [-0.2, -0.15) is 8.42 Å². The number of nitrogens with one attached hydrogen (secondary N) is 1. The normalized spacial score (nSPS) is 16.3. The Morgan fingerprint density at radius 3 is 2.09 bits per heavy atom. The summed E-state index contributed by atoms with van der Waals surface area (Å²) >= 11 is 12.2. The van der Waals surface area contributed by atoms with Gasteiger partial charge in [0.2, 0.25) is 5.91 Å². The van der Waals surface area contributed by atoms with Crippen molar-refractivity contribution in [3.05, 3.63) is 88.4 Å². The Morgan fingerprint density at radius 1 is 0.800 bits per heavy atom. The van der Waals surface area contributed by atoms with E-state index in [0.717, 1.165) is 30.6 Å². The van der Waals surface area contributed by atoms with Crippen molar-refractivity contribution >= 4 is 50.7 Å². The van der Waals surface area contributed by atoms with Gasteiger partial charge in [-0.3, -0.25) is 14.5 Å². The Balaban J connectivity index is 1.16. The lowest BCUT2D eigenvalue weighted by Crippen LogP contribution is -2.52. The van der Waals surface area contributed by atoms with Crippen molar-refractivity contribution < 1.29 is 22.8 Å². The molecule has 0 aromatic heterocycles. The number of halogens is 2. The van der Waals surface area contributed by atoms with Gasteiger partial charge >= 0.3 is 0 Å². The van der Waals surface area contributed by atoms with E-state index in [2.05, 4.69) is 15.1 Å². The molecule has 0 bridgehead atoms. The minimum absolute atomic E-state index is 0.0908. The fourth-order valence-corrected chi connectivity index (χ4v) is 7.05. The van der Waals surface area contributed by atoms with Gasteiger partial charge in [-0.1, -0.05) is 52.3 Å². The van der Waals surface area contributed by atoms with E-state index in [1.807, 2.05) is 0 Å². The summed E-state index contributed by atoms with van der Waals surface area (Å²) in [7, 11) is -4.26. The van der Waals surface area contributed by atoms with Gasteiger partial charge in [0.05, 0.1) is 22.2 Å².